The van der Waals surface area contributed by atoms with E-state index in [0.717, 1.165) is 10.9 Å². The normalized spacial score (nSPS) is 10.6. The van der Waals surface area contributed by atoms with Gasteiger partial charge in [0.2, 0.25) is 0 Å². The summed E-state index contributed by atoms with van der Waals surface area (Å²) in [5, 5.41) is 9.67. The Balaban J connectivity index is 1.97. The van der Waals surface area contributed by atoms with E-state index in [1.165, 1.54) is 40.5 Å². The van der Waals surface area contributed by atoms with Crippen molar-refractivity contribution in [2.45, 2.75) is 13.1 Å². The van der Waals surface area contributed by atoms with E-state index in [4.69, 9.17) is 5.73 Å². The van der Waals surface area contributed by atoms with E-state index < -0.39 is 34.5 Å². The summed E-state index contributed by atoms with van der Waals surface area (Å²) in [5.41, 5.74) is 5.78. The fourth-order valence-electron chi connectivity index (χ4n) is 2.54. The zero-order valence-electron chi connectivity index (χ0n) is 14.4. The van der Waals surface area contributed by atoms with Gasteiger partial charge in [0.1, 0.15) is 11.5 Å². The largest absolute Gasteiger partial charge is 0.502 e. The monoisotopic (exact) mass is 402 g/mol. The Bertz CT molecular complexity index is 1060. The highest BCUT2D eigenvalue weighted by Crippen LogP contribution is 2.18. The third-order valence-corrected chi connectivity index (χ3v) is 4.67. The van der Waals surface area contributed by atoms with Crippen LogP contribution in [-0.4, -0.2) is 31.8 Å². The Morgan fingerprint density at radius 3 is 2.57 bits per heavy atom. The molecule has 3 rings (SSSR count). The molecule has 0 spiro atoms. The van der Waals surface area contributed by atoms with Crippen molar-refractivity contribution < 1.29 is 19.1 Å². The van der Waals surface area contributed by atoms with Crippen LogP contribution < -0.4 is 11.3 Å². The number of pyridine rings is 1. The number of primary amides is 1. The van der Waals surface area contributed by atoms with E-state index in [0.29, 0.717) is 5.56 Å². The maximum Gasteiger partial charge on any atom is 0.291 e. The number of nitrogens with two attached hydrogens (primary N) is 1. The van der Waals surface area contributed by atoms with Gasteiger partial charge in [-0.1, -0.05) is 12.1 Å². The van der Waals surface area contributed by atoms with Crippen LogP contribution in [0.2, 0.25) is 0 Å². The number of aromatic nitrogens is 2. The van der Waals surface area contributed by atoms with Crippen molar-refractivity contribution in [1.29, 1.82) is 0 Å². The first-order valence-corrected chi connectivity index (χ1v) is 8.90. The van der Waals surface area contributed by atoms with Gasteiger partial charge < -0.3 is 20.7 Å². The Hall–Kier alpha value is -3.53. The molecule has 0 saturated heterocycles. The van der Waals surface area contributed by atoms with Crippen molar-refractivity contribution in [3.05, 3.63) is 79.9 Å². The molecule has 2 aromatic heterocycles. The number of carbonyl (C=O) groups is 2. The number of amides is 2. The van der Waals surface area contributed by atoms with Crippen LogP contribution in [0, 0.1) is 5.82 Å². The van der Waals surface area contributed by atoms with E-state index in [1.54, 1.807) is 11.7 Å². The third kappa shape index (κ3) is 4.23. The molecule has 0 bridgehead atoms. The van der Waals surface area contributed by atoms with Crippen LogP contribution in [0.1, 0.15) is 31.3 Å². The van der Waals surface area contributed by atoms with Crippen LogP contribution in [0.15, 0.2) is 46.8 Å². The zero-order chi connectivity index (χ0) is 20.3. The molecular weight excluding hydrogens is 387 g/mol. The molecule has 10 heteroatoms. The van der Waals surface area contributed by atoms with Crippen molar-refractivity contribution in [1.82, 2.24) is 14.9 Å². The molecule has 4 N–H and O–H groups in total. The summed E-state index contributed by atoms with van der Waals surface area (Å²) in [6, 6.07) is 6.66. The van der Waals surface area contributed by atoms with Gasteiger partial charge in [-0.05, 0) is 23.8 Å². The average molecular weight is 402 g/mol. The minimum atomic E-state index is -1.04. The summed E-state index contributed by atoms with van der Waals surface area (Å²) < 4.78 is 13.2. The summed E-state index contributed by atoms with van der Waals surface area (Å²) in [4.78, 5) is 44.7. The van der Waals surface area contributed by atoms with Crippen molar-refractivity contribution in [3.8, 4) is 5.75 Å². The maximum absolute atomic E-state index is 13.2. The van der Waals surface area contributed by atoms with Crippen molar-refractivity contribution in [2.24, 2.45) is 5.73 Å². The van der Waals surface area contributed by atoms with Crippen LogP contribution in [0.3, 0.4) is 0 Å². The lowest BCUT2D eigenvalue weighted by molar-refractivity contribution is 0.0725. The predicted molar refractivity (Wildman–Crippen MR) is 99.3 cm³/mol. The second-order valence-corrected chi connectivity index (χ2v) is 6.86. The first-order valence-electron chi connectivity index (χ1n) is 8.02. The molecule has 144 valence electrons. The number of aromatic amines is 1. The molecule has 0 aliphatic rings. The number of hydrogen-bond donors (Lipinski definition) is 3. The lowest BCUT2D eigenvalue weighted by Crippen LogP contribution is -2.32. The van der Waals surface area contributed by atoms with Gasteiger partial charge in [-0.3, -0.25) is 19.4 Å². The van der Waals surface area contributed by atoms with Gasteiger partial charge in [0, 0.05) is 17.6 Å². The first-order chi connectivity index (χ1) is 13.3. The Kier molecular flexibility index (Phi) is 5.50. The fourth-order valence-corrected chi connectivity index (χ4v) is 3.15. The molecule has 2 amide bonds. The van der Waals surface area contributed by atoms with Crippen LogP contribution in [0.5, 0.6) is 5.75 Å². The number of benzene rings is 1. The molecule has 1 aromatic carbocycles. The SMILES string of the molecule is NC(=O)c1cc(C(=O)N(Cc2ccc(F)cc2)Cc2cncs2)[nH]c(=O)c1O. The topological polar surface area (TPSA) is 129 Å². The van der Waals surface area contributed by atoms with E-state index in [9.17, 15) is 23.9 Å². The molecule has 0 atom stereocenters. The van der Waals surface area contributed by atoms with Gasteiger partial charge in [0.25, 0.3) is 17.4 Å². The number of H-pyrrole nitrogens is 1. The second-order valence-electron chi connectivity index (χ2n) is 5.89. The number of carbonyl (C=O) groups excluding carboxylic acids is 2. The summed E-state index contributed by atoms with van der Waals surface area (Å²) in [5.74, 6) is -2.89. The van der Waals surface area contributed by atoms with Crippen LogP contribution >= 0.6 is 11.3 Å². The number of aromatic hydroxyl groups is 1. The quantitative estimate of drug-likeness (QED) is 0.577. The molecule has 0 unspecified atom stereocenters. The molecular formula is C18H15FN4O4S. The van der Waals surface area contributed by atoms with E-state index in [1.807, 2.05) is 0 Å². The van der Waals surface area contributed by atoms with E-state index in [-0.39, 0.29) is 18.8 Å². The Morgan fingerprint density at radius 1 is 1.25 bits per heavy atom. The zero-order valence-corrected chi connectivity index (χ0v) is 15.2. The molecule has 8 nitrogen and oxygen atoms in total. The van der Waals surface area contributed by atoms with E-state index >= 15 is 0 Å². The van der Waals surface area contributed by atoms with Gasteiger partial charge in [-0.2, -0.15) is 0 Å². The molecule has 0 aliphatic heterocycles. The van der Waals surface area contributed by atoms with Gasteiger partial charge in [-0.25, -0.2) is 4.39 Å². The number of nitrogens with zero attached hydrogens (tertiary/aromatic N) is 2. The molecule has 28 heavy (non-hydrogen) atoms. The average Bonchev–Trinajstić information content (AvgIpc) is 3.17. The van der Waals surface area contributed by atoms with Gasteiger partial charge in [0.15, 0.2) is 5.75 Å². The van der Waals surface area contributed by atoms with Crippen molar-refractivity contribution in [3.63, 3.8) is 0 Å². The standard InChI is InChI=1S/C18H15FN4O4S/c19-11-3-1-10(2-4-11)7-23(8-12-6-21-9-28-12)18(27)14-5-13(16(20)25)15(24)17(26)22-14/h1-6,9,24H,7-8H2,(H2,20,25)(H,22,26). The minimum Gasteiger partial charge on any atom is -0.502 e. The molecule has 0 aliphatic carbocycles. The fraction of sp³-hybridized carbons (Fsp3) is 0.111. The summed E-state index contributed by atoms with van der Waals surface area (Å²) in [6.45, 7) is 0.293. The predicted octanol–water partition coefficient (Wildman–Crippen LogP) is 1.62. The number of nitrogens with one attached hydrogen (secondary N) is 1. The molecule has 2 heterocycles. The maximum atomic E-state index is 13.2. The highest BCUT2D eigenvalue weighted by Gasteiger charge is 2.22. The number of hydrogen-bond acceptors (Lipinski definition) is 6. The van der Waals surface area contributed by atoms with Crippen LogP contribution in [0.25, 0.3) is 0 Å². The molecule has 0 radical (unpaired) electrons. The summed E-state index contributed by atoms with van der Waals surface area (Å²) in [7, 11) is 0. The van der Waals surface area contributed by atoms with Crippen molar-refractivity contribution >= 4 is 23.2 Å². The third-order valence-electron chi connectivity index (χ3n) is 3.91. The van der Waals surface area contributed by atoms with Gasteiger partial charge in [0.05, 0.1) is 17.6 Å². The van der Waals surface area contributed by atoms with Gasteiger partial charge in [-0.15, -0.1) is 11.3 Å². The highest BCUT2D eigenvalue weighted by molar-refractivity contribution is 7.09. The minimum absolute atomic E-state index is 0.117. The molecule has 0 fully saturated rings. The smallest absolute Gasteiger partial charge is 0.291 e. The number of thiazole rings is 1. The summed E-state index contributed by atoms with van der Waals surface area (Å²) >= 11 is 1.34. The number of halogens is 1. The van der Waals surface area contributed by atoms with Gasteiger partial charge >= 0.3 is 0 Å². The van der Waals surface area contributed by atoms with Crippen LogP contribution in [0.4, 0.5) is 4.39 Å². The highest BCUT2D eigenvalue weighted by atomic mass is 32.1. The second kappa shape index (κ2) is 8.01. The lowest BCUT2D eigenvalue weighted by Gasteiger charge is -2.22. The molecule has 3 aromatic rings. The van der Waals surface area contributed by atoms with Crippen molar-refractivity contribution in [2.75, 3.05) is 0 Å². The van der Waals surface area contributed by atoms with E-state index in [2.05, 4.69) is 9.97 Å². The lowest BCUT2D eigenvalue weighted by atomic mass is 10.1. The molecule has 0 saturated carbocycles. The number of rotatable bonds is 6. The Morgan fingerprint density at radius 2 is 1.96 bits per heavy atom. The summed E-state index contributed by atoms with van der Waals surface area (Å²) in [6.07, 6.45) is 1.60. The Labute approximate surface area is 162 Å². The first kappa shape index (κ1) is 19.2. The van der Waals surface area contributed by atoms with Crippen LogP contribution in [-0.2, 0) is 13.1 Å².